The molecule has 1 atom stereocenters. The van der Waals surface area contributed by atoms with E-state index in [0.29, 0.717) is 6.42 Å². The number of nitrogens with zero attached hydrogens (tertiary/aromatic N) is 1. The number of nitro groups is 1. The summed E-state index contributed by atoms with van der Waals surface area (Å²) in [5.41, 5.74) is 0. The first-order valence-electron chi connectivity index (χ1n) is 7.04. The number of rotatable bonds is 12. The molecule has 0 amide bonds. The summed E-state index contributed by atoms with van der Waals surface area (Å²) in [6.07, 6.45) is 5.13. The first kappa shape index (κ1) is 18.6. The molecule has 0 aromatic carbocycles. The summed E-state index contributed by atoms with van der Waals surface area (Å²) in [6.45, 7) is 5.72. The lowest BCUT2D eigenvalue weighted by Crippen LogP contribution is -2.22. The second-order valence-corrected chi connectivity index (χ2v) is 6.54. The van der Waals surface area contributed by atoms with Gasteiger partial charge in [-0.2, -0.15) is 0 Å². The molecule has 0 aliphatic heterocycles. The van der Waals surface area contributed by atoms with Crippen molar-refractivity contribution in [3.05, 3.63) is 10.1 Å². The first-order valence-corrected chi connectivity index (χ1v) is 8.65. The van der Waals surface area contributed by atoms with Crippen LogP contribution < -0.4 is 0 Å². The monoisotopic (exact) mass is 295 g/mol. The highest BCUT2D eigenvalue weighted by Gasteiger charge is 2.44. The normalized spacial score (nSPS) is 13.4. The Kier molecular flexibility index (Phi) is 10.1. The van der Waals surface area contributed by atoms with Gasteiger partial charge in [-0.1, -0.05) is 32.6 Å². The van der Waals surface area contributed by atoms with Crippen molar-refractivity contribution in [1.82, 2.24) is 0 Å². The molecule has 0 aliphatic rings. The highest BCUT2D eigenvalue weighted by molar-refractivity contribution is 7.54. The topological polar surface area (TPSA) is 78.7 Å². The maximum atomic E-state index is 12.4. The highest BCUT2D eigenvalue weighted by Crippen LogP contribution is 2.54. The van der Waals surface area contributed by atoms with E-state index in [9.17, 15) is 14.7 Å². The first-order chi connectivity index (χ1) is 9.01. The highest BCUT2D eigenvalue weighted by atomic mass is 31.2. The fourth-order valence-electron chi connectivity index (χ4n) is 1.88. The van der Waals surface area contributed by atoms with E-state index in [1.54, 1.807) is 13.8 Å². The molecule has 6 nitrogen and oxygen atoms in total. The van der Waals surface area contributed by atoms with E-state index >= 15 is 0 Å². The lowest BCUT2D eigenvalue weighted by molar-refractivity contribution is -0.502. The minimum atomic E-state index is -3.64. The average molecular weight is 295 g/mol. The number of hydrogen-bond acceptors (Lipinski definition) is 5. The van der Waals surface area contributed by atoms with E-state index in [4.69, 9.17) is 9.05 Å². The largest absolute Gasteiger partial charge is 0.403 e. The molecular weight excluding hydrogens is 269 g/mol. The summed E-state index contributed by atoms with van der Waals surface area (Å²) in [5.74, 6) is -1.24. The van der Waals surface area contributed by atoms with Crippen LogP contribution in [0.5, 0.6) is 0 Å². The van der Waals surface area contributed by atoms with E-state index in [0.717, 1.165) is 25.7 Å². The summed E-state index contributed by atoms with van der Waals surface area (Å²) in [4.78, 5) is 10.6. The molecule has 0 unspecified atom stereocenters. The molecule has 0 N–H and O–H groups in total. The van der Waals surface area contributed by atoms with Crippen molar-refractivity contribution in [3.63, 3.8) is 0 Å². The fraction of sp³-hybridized carbons (Fsp3) is 1.00. The molecule has 0 bridgehead atoms. The van der Waals surface area contributed by atoms with Gasteiger partial charge in [-0.05, 0) is 20.3 Å². The van der Waals surface area contributed by atoms with Crippen LogP contribution in [-0.4, -0.2) is 23.9 Å². The van der Waals surface area contributed by atoms with Gasteiger partial charge in [-0.3, -0.25) is 14.7 Å². The van der Waals surface area contributed by atoms with Gasteiger partial charge >= 0.3 is 13.4 Å². The Hall–Kier alpha value is -0.450. The van der Waals surface area contributed by atoms with E-state index in [1.165, 1.54) is 0 Å². The summed E-state index contributed by atoms with van der Waals surface area (Å²) in [5, 5.41) is 11.1. The van der Waals surface area contributed by atoms with E-state index in [-0.39, 0.29) is 19.6 Å². The van der Waals surface area contributed by atoms with Crippen LogP contribution in [0.1, 0.15) is 59.3 Å². The predicted molar refractivity (Wildman–Crippen MR) is 75.0 cm³/mol. The van der Waals surface area contributed by atoms with Gasteiger partial charge in [0.2, 0.25) is 0 Å². The fourth-order valence-corrected chi connectivity index (χ4v) is 3.75. The molecule has 0 aromatic rings. The molecule has 0 spiro atoms. The van der Waals surface area contributed by atoms with Gasteiger partial charge < -0.3 is 9.05 Å². The van der Waals surface area contributed by atoms with Gasteiger partial charge in [0.05, 0.1) is 13.2 Å². The Morgan fingerprint density at radius 1 is 1.05 bits per heavy atom. The average Bonchev–Trinajstić information content (AvgIpc) is 2.33. The maximum absolute atomic E-state index is 12.4. The molecular formula is C12H26NO5P. The molecule has 0 aliphatic carbocycles. The molecule has 0 saturated carbocycles. The van der Waals surface area contributed by atoms with Crippen molar-refractivity contribution in [2.24, 2.45) is 0 Å². The zero-order valence-electron chi connectivity index (χ0n) is 12.2. The van der Waals surface area contributed by atoms with Crippen molar-refractivity contribution in [2.75, 3.05) is 13.2 Å². The summed E-state index contributed by atoms with van der Waals surface area (Å²) >= 11 is 0. The third-order valence-electron chi connectivity index (χ3n) is 2.79. The van der Waals surface area contributed by atoms with E-state index in [2.05, 4.69) is 6.92 Å². The maximum Gasteiger partial charge on any atom is 0.403 e. The molecule has 0 rings (SSSR count). The van der Waals surface area contributed by atoms with Crippen LogP contribution in [-0.2, 0) is 13.6 Å². The van der Waals surface area contributed by atoms with Crippen molar-refractivity contribution >= 4 is 7.60 Å². The Balaban J connectivity index is 4.50. The van der Waals surface area contributed by atoms with Crippen LogP contribution in [0.2, 0.25) is 0 Å². The van der Waals surface area contributed by atoms with Crippen molar-refractivity contribution in [2.45, 2.75) is 65.1 Å². The van der Waals surface area contributed by atoms with Crippen LogP contribution in [0, 0.1) is 10.1 Å². The minimum Gasteiger partial charge on any atom is -0.304 e. The second-order valence-electron chi connectivity index (χ2n) is 4.34. The van der Waals surface area contributed by atoms with Crippen LogP contribution in [0.3, 0.4) is 0 Å². The number of hydrogen-bond donors (Lipinski definition) is 0. The van der Waals surface area contributed by atoms with E-state index in [1.807, 2.05) is 0 Å². The molecule has 114 valence electrons. The lowest BCUT2D eigenvalue weighted by atomic mass is 10.1. The SMILES string of the molecule is CCCCCCC[C@@H]([N+](=O)[O-])P(=O)(OCC)OCC. The second kappa shape index (κ2) is 10.4. The standard InChI is InChI=1S/C12H26NO5P/c1-4-7-8-9-10-11-12(13(14)15)19(16,17-5-2)18-6-3/h12H,4-11H2,1-3H3/t12-/m0/s1. The van der Waals surface area contributed by atoms with Gasteiger partial charge in [-0.15, -0.1) is 0 Å². The van der Waals surface area contributed by atoms with Gasteiger partial charge in [0.1, 0.15) is 0 Å². The molecule has 7 heteroatoms. The lowest BCUT2D eigenvalue weighted by Gasteiger charge is -2.20. The Morgan fingerprint density at radius 2 is 1.58 bits per heavy atom. The molecule has 19 heavy (non-hydrogen) atoms. The zero-order valence-corrected chi connectivity index (χ0v) is 13.1. The van der Waals surface area contributed by atoms with Gasteiger partial charge in [-0.25, -0.2) is 0 Å². The van der Waals surface area contributed by atoms with E-state index < -0.39 is 18.3 Å². The predicted octanol–water partition coefficient (Wildman–Crippen LogP) is 4.22. The van der Waals surface area contributed by atoms with Crippen molar-refractivity contribution < 1.29 is 18.5 Å². The molecule has 0 radical (unpaired) electrons. The van der Waals surface area contributed by atoms with Crippen LogP contribution in [0.25, 0.3) is 0 Å². The van der Waals surface area contributed by atoms with Crippen LogP contribution >= 0.6 is 7.60 Å². The van der Waals surface area contributed by atoms with Crippen molar-refractivity contribution in [3.8, 4) is 0 Å². The van der Waals surface area contributed by atoms with Gasteiger partial charge in [0, 0.05) is 11.3 Å². The minimum absolute atomic E-state index is 0.150. The van der Waals surface area contributed by atoms with Gasteiger partial charge in [0.15, 0.2) is 0 Å². The molecule has 0 aromatic heterocycles. The summed E-state index contributed by atoms with van der Waals surface area (Å²) in [7, 11) is -3.64. The molecule has 0 heterocycles. The molecule has 0 fully saturated rings. The quantitative estimate of drug-likeness (QED) is 0.233. The Morgan fingerprint density at radius 3 is 2.00 bits per heavy atom. The smallest absolute Gasteiger partial charge is 0.304 e. The van der Waals surface area contributed by atoms with Crippen molar-refractivity contribution in [1.29, 1.82) is 0 Å². The number of unbranched alkanes of at least 4 members (excludes halogenated alkanes) is 4. The Bertz CT molecular complexity index is 288. The zero-order chi connectivity index (χ0) is 14.7. The van der Waals surface area contributed by atoms with Crippen LogP contribution in [0.4, 0.5) is 0 Å². The molecule has 0 saturated heterocycles. The van der Waals surface area contributed by atoms with Gasteiger partial charge in [0.25, 0.3) is 0 Å². The summed E-state index contributed by atoms with van der Waals surface area (Å²) in [6, 6.07) is 0. The third-order valence-corrected chi connectivity index (χ3v) is 5.21. The summed E-state index contributed by atoms with van der Waals surface area (Å²) < 4.78 is 22.5. The van der Waals surface area contributed by atoms with Crippen LogP contribution in [0.15, 0.2) is 0 Å². The third kappa shape index (κ3) is 7.04. The Labute approximate surface area is 115 Å².